The molecule has 0 heterocycles. The normalized spacial score (nSPS) is 11.7. The first-order valence-corrected chi connectivity index (χ1v) is 12.7. The van der Waals surface area contributed by atoms with Gasteiger partial charge in [0, 0.05) is 27.4 Å². The molecule has 1 unspecified atom stereocenters. The minimum Gasteiger partial charge on any atom is -0.325 e. The Morgan fingerprint density at radius 1 is 0.806 bits per heavy atom. The van der Waals surface area contributed by atoms with Gasteiger partial charge in [-0.25, -0.2) is 0 Å². The maximum absolute atomic E-state index is 13.3. The summed E-state index contributed by atoms with van der Waals surface area (Å²) in [5.41, 5.74) is 4.06. The van der Waals surface area contributed by atoms with E-state index in [-0.39, 0.29) is 11.8 Å². The lowest BCUT2D eigenvalue weighted by Gasteiger charge is -2.18. The van der Waals surface area contributed by atoms with Crippen LogP contribution in [0.3, 0.4) is 0 Å². The van der Waals surface area contributed by atoms with E-state index in [1.54, 1.807) is 12.1 Å². The number of hydrogen-bond donors (Lipinski definition) is 2. The fourth-order valence-corrected chi connectivity index (χ4v) is 4.75. The molecule has 36 heavy (non-hydrogen) atoms. The molecule has 4 aromatic carbocycles. The van der Waals surface area contributed by atoms with Gasteiger partial charge in [-0.05, 0) is 60.0 Å². The minimum absolute atomic E-state index is 0.161. The van der Waals surface area contributed by atoms with Crippen LogP contribution in [0.5, 0.6) is 0 Å². The second-order valence-electron chi connectivity index (χ2n) is 8.12. The molecule has 0 fully saturated rings. The van der Waals surface area contributed by atoms with Crippen molar-refractivity contribution in [3.05, 3.63) is 131 Å². The van der Waals surface area contributed by atoms with Gasteiger partial charge in [-0.3, -0.25) is 9.59 Å². The van der Waals surface area contributed by atoms with Gasteiger partial charge in [-0.1, -0.05) is 84.4 Å². The largest absolute Gasteiger partial charge is 0.325 e. The third-order valence-corrected chi connectivity index (χ3v) is 7.02. The number of thioether (sulfide) groups is 1. The van der Waals surface area contributed by atoms with Crippen molar-refractivity contribution >= 4 is 52.6 Å². The van der Waals surface area contributed by atoms with Gasteiger partial charge < -0.3 is 10.6 Å². The van der Waals surface area contributed by atoms with Crippen molar-refractivity contribution in [1.82, 2.24) is 0 Å². The number of hydrogen-bond acceptors (Lipinski definition) is 3. The summed E-state index contributed by atoms with van der Waals surface area (Å²) in [7, 11) is 0. The smallest absolute Gasteiger partial charge is 0.248 e. The topological polar surface area (TPSA) is 58.2 Å². The van der Waals surface area contributed by atoms with Crippen LogP contribution in [-0.2, 0) is 9.59 Å². The van der Waals surface area contributed by atoms with Crippen LogP contribution in [-0.4, -0.2) is 11.8 Å². The summed E-state index contributed by atoms with van der Waals surface area (Å²) in [5, 5.41) is 5.97. The summed E-state index contributed by atoms with van der Waals surface area (Å²) in [6.45, 7) is 1.92. The Morgan fingerprint density at radius 3 is 2.22 bits per heavy atom. The number of halogens is 1. The van der Waals surface area contributed by atoms with Crippen molar-refractivity contribution in [1.29, 1.82) is 0 Å². The van der Waals surface area contributed by atoms with E-state index < -0.39 is 5.25 Å². The number of carbonyl (C=O) groups excluding carboxylic acids is 2. The monoisotopic (exact) mass is 512 g/mol. The van der Waals surface area contributed by atoms with Gasteiger partial charge in [0.05, 0.1) is 0 Å². The van der Waals surface area contributed by atoms with Gasteiger partial charge in [0.1, 0.15) is 5.25 Å². The summed E-state index contributed by atoms with van der Waals surface area (Å²) in [6.07, 6.45) is 3.27. The molecule has 2 amide bonds. The summed E-state index contributed by atoms with van der Waals surface area (Å²) in [6, 6.07) is 32.2. The lowest BCUT2D eigenvalue weighted by molar-refractivity contribution is -0.116. The molecule has 0 aliphatic heterocycles. The van der Waals surface area contributed by atoms with E-state index in [1.165, 1.54) is 17.8 Å². The highest BCUT2D eigenvalue weighted by molar-refractivity contribution is 8.00. The zero-order valence-corrected chi connectivity index (χ0v) is 21.2. The Bertz CT molecular complexity index is 1370. The number of amides is 2. The standard InChI is InChI=1S/C30H25ClN2O2S/c1-21-15-17-25(20-27(21)31)33-30(35)29(23-11-6-3-7-12-23)36-26-14-8-13-24(19-26)32-28(34)18-16-22-9-4-2-5-10-22/h2-20,29H,1H3,(H,32,34)(H,33,35)/b18-16+. The van der Waals surface area contributed by atoms with Crippen molar-refractivity contribution in [2.75, 3.05) is 10.6 Å². The van der Waals surface area contributed by atoms with E-state index in [4.69, 9.17) is 11.6 Å². The third kappa shape index (κ3) is 7.11. The van der Waals surface area contributed by atoms with E-state index in [9.17, 15) is 9.59 Å². The molecule has 4 nitrogen and oxygen atoms in total. The zero-order chi connectivity index (χ0) is 25.3. The lowest BCUT2D eigenvalue weighted by atomic mass is 10.1. The van der Waals surface area contributed by atoms with Crippen molar-refractivity contribution in [3.8, 4) is 0 Å². The highest BCUT2D eigenvalue weighted by Crippen LogP contribution is 2.37. The molecule has 6 heteroatoms. The Balaban J connectivity index is 1.49. The highest BCUT2D eigenvalue weighted by Gasteiger charge is 2.22. The molecule has 4 aromatic rings. The van der Waals surface area contributed by atoms with Crippen LogP contribution in [0.1, 0.15) is 21.9 Å². The van der Waals surface area contributed by atoms with Crippen LogP contribution in [0.25, 0.3) is 6.08 Å². The molecule has 0 aliphatic rings. The first kappa shape index (κ1) is 25.3. The lowest BCUT2D eigenvalue weighted by Crippen LogP contribution is -2.19. The molecular formula is C30H25ClN2O2S. The van der Waals surface area contributed by atoms with E-state index >= 15 is 0 Å². The predicted molar refractivity (Wildman–Crippen MR) is 150 cm³/mol. The van der Waals surface area contributed by atoms with E-state index in [2.05, 4.69) is 10.6 Å². The fraction of sp³-hybridized carbons (Fsp3) is 0.0667. The Morgan fingerprint density at radius 2 is 1.50 bits per heavy atom. The van der Waals surface area contributed by atoms with E-state index in [0.717, 1.165) is 21.6 Å². The van der Waals surface area contributed by atoms with Crippen LogP contribution in [0.15, 0.2) is 114 Å². The van der Waals surface area contributed by atoms with Gasteiger partial charge in [0.15, 0.2) is 0 Å². The van der Waals surface area contributed by atoms with E-state index in [0.29, 0.717) is 16.4 Å². The molecular weight excluding hydrogens is 488 g/mol. The maximum atomic E-state index is 13.3. The first-order chi connectivity index (χ1) is 17.5. The highest BCUT2D eigenvalue weighted by atomic mass is 35.5. The van der Waals surface area contributed by atoms with Crippen molar-refractivity contribution in [3.63, 3.8) is 0 Å². The van der Waals surface area contributed by atoms with Crippen molar-refractivity contribution < 1.29 is 9.59 Å². The van der Waals surface area contributed by atoms with Crippen LogP contribution >= 0.6 is 23.4 Å². The van der Waals surface area contributed by atoms with Gasteiger partial charge in [0.25, 0.3) is 0 Å². The predicted octanol–water partition coefficient (Wildman–Crippen LogP) is 7.77. The SMILES string of the molecule is Cc1ccc(NC(=O)C(Sc2cccc(NC(=O)/C=C/c3ccccc3)c2)c2ccccc2)cc1Cl. The maximum Gasteiger partial charge on any atom is 0.248 e. The average molecular weight is 513 g/mol. The number of nitrogens with one attached hydrogen (secondary N) is 2. The van der Waals surface area contributed by atoms with Gasteiger partial charge >= 0.3 is 0 Å². The zero-order valence-electron chi connectivity index (χ0n) is 19.6. The Hall–Kier alpha value is -3.80. The molecule has 0 radical (unpaired) electrons. The summed E-state index contributed by atoms with van der Waals surface area (Å²) in [4.78, 5) is 26.6. The van der Waals surface area contributed by atoms with Crippen molar-refractivity contribution in [2.24, 2.45) is 0 Å². The Kier molecular flexibility index (Phi) is 8.61. The molecule has 180 valence electrons. The summed E-state index contributed by atoms with van der Waals surface area (Å²) in [5.74, 6) is -0.388. The van der Waals surface area contributed by atoms with E-state index in [1.807, 2.05) is 104 Å². The quantitative estimate of drug-likeness (QED) is 0.187. The number of benzene rings is 4. The summed E-state index contributed by atoms with van der Waals surface area (Å²) < 4.78 is 0. The molecule has 0 aromatic heterocycles. The second-order valence-corrected chi connectivity index (χ2v) is 9.71. The molecule has 0 saturated heterocycles. The Labute approximate surface area is 220 Å². The van der Waals surface area contributed by atoms with Gasteiger partial charge in [-0.15, -0.1) is 11.8 Å². The molecule has 0 spiro atoms. The number of rotatable bonds is 8. The molecule has 2 N–H and O–H groups in total. The molecule has 1 atom stereocenters. The minimum atomic E-state index is -0.504. The average Bonchev–Trinajstić information content (AvgIpc) is 2.89. The van der Waals surface area contributed by atoms with Crippen LogP contribution in [0, 0.1) is 6.92 Å². The van der Waals surface area contributed by atoms with Gasteiger partial charge in [-0.2, -0.15) is 0 Å². The summed E-state index contributed by atoms with van der Waals surface area (Å²) >= 11 is 7.66. The fourth-order valence-electron chi connectivity index (χ4n) is 3.48. The number of carbonyl (C=O) groups is 2. The number of aryl methyl sites for hydroxylation is 1. The second kappa shape index (κ2) is 12.2. The third-order valence-electron chi connectivity index (χ3n) is 5.36. The van der Waals surface area contributed by atoms with Crippen LogP contribution in [0.4, 0.5) is 11.4 Å². The first-order valence-electron chi connectivity index (χ1n) is 11.4. The number of anilines is 2. The van der Waals surface area contributed by atoms with Gasteiger partial charge in [0.2, 0.25) is 11.8 Å². The van der Waals surface area contributed by atoms with Crippen LogP contribution in [0.2, 0.25) is 5.02 Å². The molecule has 0 bridgehead atoms. The molecule has 0 saturated carbocycles. The van der Waals surface area contributed by atoms with Crippen LogP contribution < -0.4 is 10.6 Å². The molecule has 4 rings (SSSR count). The molecule has 0 aliphatic carbocycles. The van der Waals surface area contributed by atoms with Crippen molar-refractivity contribution in [2.45, 2.75) is 17.1 Å².